The number of hydrogen-bond acceptors (Lipinski definition) is 8. The number of aromatic nitrogens is 3. The van der Waals surface area contributed by atoms with E-state index in [2.05, 4.69) is 29.9 Å². The van der Waals surface area contributed by atoms with E-state index < -0.39 is 25.1 Å². The topological polar surface area (TPSA) is 120 Å². The SMILES string of the molecule is C[C@@H]1C[C@H](N2Cc3cnc(Nc4ccc(S(F)(F)(F)(F)F)cc4)nc3C2)CCN1C(=O)c1ccnc(NS(C)(=O)=O)c1. The third kappa shape index (κ3) is 6.90. The third-order valence-electron chi connectivity index (χ3n) is 7.16. The van der Waals surface area contributed by atoms with Gasteiger partial charge >= 0.3 is 10.2 Å². The minimum Gasteiger partial charge on any atom is -0.336 e. The van der Waals surface area contributed by atoms with E-state index in [0.29, 0.717) is 50.2 Å². The summed E-state index contributed by atoms with van der Waals surface area (Å²) in [6.07, 6.45) is 5.39. The van der Waals surface area contributed by atoms with Crippen molar-refractivity contribution in [1.29, 1.82) is 0 Å². The van der Waals surface area contributed by atoms with E-state index in [9.17, 15) is 32.6 Å². The summed E-state index contributed by atoms with van der Waals surface area (Å²) in [4.78, 5) is 27.9. The number of likely N-dealkylation sites (tertiary alicyclic amines) is 1. The van der Waals surface area contributed by atoms with E-state index in [1.165, 1.54) is 18.3 Å². The van der Waals surface area contributed by atoms with Crippen LogP contribution in [-0.4, -0.2) is 64.0 Å². The number of rotatable bonds is 7. The quantitative estimate of drug-likeness (QED) is 0.320. The minimum absolute atomic E-state index is 0.0664. The number of anilines is 3. The average Bonchev–Trinajstić information content (AvgIpc) is 3.30. The molecule has 42 heavy (non-hydrogen) atoms. The highest BCUT2D eigenvalue weighted by atomic mass is 32.5. The van der Waals surface area contributed by atoms with E-state index in [1.807, 2.05) is 6.92 Å². The second kappa shape index (κ2) is 9.74. The maximum atomic E-state index is 13.2. The summed E-state index contributed by atoms with van der Waals surface area (Å²) in [5.41, 5.74) is 2.10. The van der Waals surface area contributed by atoms with Crippen LogP contribution in [0.5, 0.6) is 0 Å². The fourth-order valence-electron chi connectivity index (χ4n) is 5.18. The molecule has 2 aliphatic heterocycles. The molecule has 0 radical (unpaired) electrons. The first kappa shape index (κ1) is 29.9. The van der Waals surface area contributed by atoms with Crippen LogP contribution in [0.3, 0.4) is 0 Å². The molecule has 0 unspecified atom stereocenters. The van der Waals surface area contributed by atoms with Crippen LogP contribution < -0.4 is 10.0 Å². The van der Waals surface area contributed by atoms with Crippen molar-refractivity contribution in [1.82, 2.24) is 24.8 Å². The van der Waals surface area contributed by atoms with Crippen molar-refractivity contribution >= 4 is 43.6 Å². The van der Waals surface area contributed by atoms with E-state index in [1.54, 1.807) is 11.1 Å². The van der Waals surface area contributed by atoms with Gasteiger partial charge in [-0.15, -0.1) is 0 Å². The summed E-state index contributed by atoms with van der Waals surface area (Å²) < 4.78 is 90.2. The normalized spacial score (nSPS) is 21.3. The lowest BCUT2D eigenvalue weighted by molar-refractivity contribution is 0.0460. The Bertz CT molecular complexity index is 1640. The van der Waals surface area contributed by atoms with Crippen LogP contribution in [-0.2, 0) is 23.1 Å². The Morgan fingerprint density at radius 2 is 1.76 bits per heavy atom. The first-order chi connectivity index (χ1) is 19.3. The van der Waals surface area contributed by atoms with Gasteiger partial charge in [-0.05, 0) is 56.2 Å². The Morgan fingerprint density at radius 1 is 1.05 bits per heavy atom. The van der Waals surface area contributed by atoms with E-state index >= 15 is 0 Å². The first-order valence-electron chi connectivity index (χ1n) is 12.8. The molecule has 228 valence electrons. The second-order valence-corrected chi connectivity index (χ2v) is 14.7. The van der Waals surface area contributed by atoms with Crippen LogP contribution in [0.1, 0.15) is 41.4 Å². The van der Waals surface area contributed by atoms with Gasteiger partial charge in [0.2, 0.25) is 16.0 Å². The monoisotopic (exact) mass is 633 g/mol. The maximum Gasteiger partial charge on any atom is 0.310 e. The molecule has 10 nitrogen and oxygen atoms in total. The number of nitrogens with zero attached hydrogens (tertiary/aromatic N) is 5. The summed E-state index contributed by atoms with van der Waals surface area (Å²) in [7, 11) is -13.3. The molecule has 0 aliphatic carbocycles. The second-order valence-electron chi connectivity index (χ2n) is 10.5. The van der Waals surface area contributed by atoms with Crippen molar-refractivity contribution in [2.75, 3.05) is 22.8 Å². The molecular formula is C25H28F5N7O3S2. The Balaban J connectivity index is 1.20. The summed E-state index contributed by atoms with van der Waals surface area (Å²) in [5, 5.41) is 2.76. The molecule has 4 heterocycles. The number of piperidine rings is 1. The van der Waals surface area contributed by atoms with E-state index in [0.717, 1.165) is 29.6 Å². The van der Waals surface area contributed by atoms with Crippen molar-refractivity contribution < 1.29 is 32.6 Å². The van der Waals surface area contributed by atoms with Gasteiger partial charge in [-0.1, -0.05) is 19.4 Å². The molecule has 1 aromatic carbocycles. The lowest BCUT2D eigenvalue weighted by Crippen LogP contribution is -2.50. The van der Waals surface area contributed by atoms with Crippen molar-refractivity contribution in [2.45, 2.75) is 49.8 Å². The summed E-state index contributed by atoms with van der Waals surface area (Å²) in [6.45, 7) is 3.53. The molecule has 3 aromatic rings. The predicted octanol–water partition coefficient (Wildman–Crippen LogP) is 5.65. The molecule has 5 rings (SSSR count). The number of nitrogens with one attached hydrogen (secondary N) is 2. The fraction of sp³-hybridized carbons (Fsp3) is 0.360. The summed E-state index contributed by atoms with van der Waals surface area (Å²) in [6, 6.07) is 5.46. The summed E-state index contributed by atoms with van der Waals surface area (Å²) >= 11 is 0. The molecule has 0 spiro atoms. The Morgan fingerprint density at radius 3 is 2.40 bits per heavy atom. The number of amides is 1. The van der Waals surface area contributed by atoms with Crippen molar-refractivity contribution in [2.24, 2.45) is 0 Å². The Hall–Kier alpha value is -3.57. The average molecular weight is 634 g/mol. The van der Waals surface area contributed by atoms with Gasteiger partial charge in [-0.25, -0.2) is 23.4 Å². The zero-order valence-electron chi connectivity index (χ0n) is 22.5. The highest BCUT2D eigenvalue weighted by molar-refractivity contribution is 8.45. The third-order valence-corrected chi connectivity index (χ3v) is 8.90. The number of carbonyl (C=O) groups is 1. The zero-order chi connectivity index (χ0) is 30.6. The van der Waals surface area contributed by atoms with Crippen molar-refractivity contribution in [3.8, 4) is 0 Å². The van der Waals surface area contributed by atoms with Crippen molar-refractivity contribution in [3.05, 3.63) is 65.6 Å². The highest BCUT2D eigenvalue weighted by Crippen LogP contribution is 3.02. The van der Waals surface area contributed by atoms with E-state index in [4.69, 9.17) is 0 Å². The number of sulfonamides is 1. The molecule has 0 saturated carbocycles. The number of hydrogen-bond donors (Lipinski definition) is 2. The molecule has 0 bridgehead atoms. The van der Waals surface area contributed by atoms with Gasteiger partial charge in [0, 0.05) is 60.9 Å². The molecule has 2 N–H and O–H groups in total. The van der Waals surface area contributed by atoms with E-state index in [-0.39, 0.29) is 35.4 Å². The summed E-state index contributed by atoms with van der Waals surface area (Å²) in [5.74, 6) is -0.0249. The van der Waals surface area contributed by atoms with Crippen molar-refractivity contribution in [3.63, 3.8) is 0 Å². The molecule has 2 atom stereocenters. The largest absolute Gasteiger partial charge is 0.336 e. The number of carbonyl (C=O) groups excluding carboxylic acids is 1. The molecule has 1 fully saturated rings. The van der Waals surface area contributed by atoms with Crippen LogP contribution in [0.15, 0.2) is 53.7 Å². The van der Waals surface area contributed by atoms with Crippen LogP contribution in [0.2, 0.25) is 0 Å². The van der Waals surface area contributed by atoms with Gasteiger partial charge in [0.25, 0.3) is 5.91 Å². The molecule has 1 amide bonds. The van der Waals surface area contributed by atoms with Crippen LogP contribution in [0.25, 0.3) is 0 Å². The highest BCUT2D eigenvalue weighted by Gasteiger charge is 2.65. The standard InChI is InChI=1S/C25H28F5N7O3S2/c1-16-11-20(8-10-37(16)24(38)17-7-9-31-23(12-17)35-41(2,39)40)36-14-18-13-32-25(34-22(18)15-36)33-19-3-5-21(6-4-19)42(26,27,28,29)30/h3-7,9,12-13,16,20H,8,10-11,14-15H2,1-2H3,(H,31,35)(H,32,33,34)/t16-,20-/m1/s1. The Kier molecular flexibility index (Phi) is 6.93. The smallest absolute Gasteiger partial charge is 0.310 e. The zero-order valence-corrected chi connectivity index (χ0v) is 24.1. The number of pyridine rings is 1. The lowest BCUT2D eigenvalue weighted by Gasteiger charge is -2.41. The predicted molar refractivity (Wildman–Crippen MR) is 149 cm³/mol. The first-order valence-corrected chi connectivity index (χ1v) is 16.6. The number of halogens is 5. The lowest BCUT2D eigenvalue weighted by atomic mass is 9.96. The maximum absolute atomic E-state index is 13.2. The van der Waals surface area contributed by atoms with Gasteiger partial charge < -0.3 is 10.2 Å². The van der Waals surface area contributed by atoms with Gasteiger partial charge in [0.05, 0.1) is 11.9 Å². The molecule has 2 aromatic heterocycles. The minimum atomic E-state index is -9.75. The van der Waals surface area contributed by atoms with Crippen LogP contribution in [0.4, 0.5) is 36.9 Å². The molecule has 1 saturated heterocycles. The number of fused-ring (bicyclic) bond motifs is 1. The van der Waals surface area contributed by atoms with Gasteiger partial charge in [-0.2, -0.15) is 0 Å². The van der Waals surface area contributed by atoms with Gasteiger partial charge in [0.1, 0.15) is 10.7 Å². The van der Waals surface area contributed by atoms with Gasteiger partial charge in [-0.3, -0.25) is 14.4 Å². The molecular weight excluding hydrogens is 605 g/mol. The molecule has 2 aliphatic rings. The van der Waals surface area contributed by atoms with Crippen LogP contribution >= 0.6 is 10.2 Å². The Labute approximate surface area is 239 Å². The van der Waals surface area contributed by atoms with Crippen LogP contribution in [0, 0.1) is 0 Å². The van der Waals surface area contributed by atoms with Gasteiger partial charge in [0.15, 0.2) is 0 Å². The fourth-order valence-corrected chi connectivity index (χ4v) is 6.32. The number of benzene rings is 1. The molecule has 17 heteroatoms.